The molecule has 0 amide bonds. The van der Waals surface area contributed by atoms with Crippen LogP contribution in [-0.2, 0) is 0 Å². The molecule has 0 aliphatic heterocycles. The molecule has 3 heteroatoms. The smallest absolute Gasteiger partial charge is 0.123 e. The Labute approximate surface area is 112 Å². The van der Waals surface area contributed by atoms with E-state index in [0.717, 1.165) is 22.4 Å². The minimum atomic E-state index is -0.236. The molecule has 0 saturated heterocycles. The molecule has 0 spiro atoms. The SMILES string of the molecule is Cc1ccc(NC(C)c2ccc(F)cc2)c(C)c1O. The lowest BCUT2D eigenvalue weighted by molar-refractivity contribution is 0.467. The Kier molecular flexibility index (Phi) is 3.74. The van der Waals surface area contributed by atoms with Gasteiger partial charge >= 0.3 is 0 Å². The highest BCUT2D eigenvalue weighted by Crippen LogP contribution is 2.30. The summed E-state index contributed by atoms with van der Waals surface area (Å²) < 4.78 is 12.9. The van der Waals surface area contributed by atoms with Gasteiger partial charge in [-0.25, -0.2) is 4.39 Å². The van der Waals surface area contributed by atoms with E-state index in [1.165, 1.54) is 12.1 Å². The number of aromatic hydroxyl groups is 1. The number of halogens is 1. The van der Waals surface area contributed by atoms with E-state index in [0.29, 0.717) is 5.75 Å². The number of hydrogen-bond donors (Lipinski definition) is 2. The van der Waals surface area contributed by atoms with Crippen molar-refractivity contribution in [3.05, 3.63) is 58.9 Å². The molecule has 2 rings (SSSR count). The maximum atomic E-state index is 12.9. The number of phenols is 1. The van der Waals surface area contributed by atoms with E-state index in [9.17, 15) is 9.50 Å². The van der Waals surface area contributed by atoms with E-state index in [1.807, 2.05) is 32.9 Å². The summed E-state index contributed by atoms with van der Waals surface area (Å²) >= 11 is 0. The van der Waals surface area contributed by atoms with Gasteiger partial charge in [-0.3, -0.25) is 0 Å². The highest BCUT2D eigenvalue weighted by Gasteiger charge is 2.10. The quantitative estimate of drug-likeness (QED) is 0.860. The van der Waals surface area contributed by atoms with Crippen molar-refractivity contribution in [2.24, 2.45) is 0 Å². The number of phenolic OH excluding ortho intramolecular Hbond substituents is 1. The van der Waals surface area contributed by atoms with Gasteiger partial charge in [-0.1, -0.05) is 18.2 Å². The zero-order valence-electron chi connectivity index (χ0n) is 11.4. The normalized spacial score (nSPS) is 12.2. The van der Waals surface area contributed by atoms with Crippen LogP contribution in [-0.4, -0.2) is 5.11 Å². The summed E-state index contributed by atoms with van der Waals surface area (Å²) in [4.78, 5) is 0. The van der Waals surface area contributed by atoms with Crippen LogP contribution in [0.2, 0.25) is 0 Å². The standard InChI is InChI=1S/C16H18FNO/c1-10-4-9-15(11(2)16(10)19)18-12(3)13-5-7-14(17)8-6-13/h4-9,12,18-19H,1-3H3. The van der Waals surface area contributed by atoms with E-state index >= 15 is 0 Å². The minimum Gasteiger partial charge on any atom is -0.507 e. The van der Waals surface area contributed by atoms with Gasteiger partial charge in [0.25, 0.3) is 0 Å². The summed E-state index contributed by atoms with van der Waals surface area (Å²) in [7, 11) is 0. The Hall–Kier alpha value is -2.03. The molecule has 2 N–H and O–H groups in total. The van der Waals surface area contributed by atoms with Crippen molar-refractivity contribution in [3.63, 3.8) is 0 Å². The molecule has 2 nitrogen and oxygen atoms in total. The fraction of sp³-hybridized carbons (Fsp3) is 0.250. The van der Waals surface area contributed by atoms with Crippen LogP contribution in [0.4, 0.5) is 10.1 Å². The molecule has 0 fully saturated rings. The van der Waals surface area contributed by atoms with E-state index in [2.05, 4.69) is 5.32 Å². The number of nitrogens with one attached hydrogen (secondary N) is 1. The van der Waals surface area contributed by atoms with Gasteiger partial charge in [0.05, 0.1) is 0 Å². The third-order valence-corrected chi connectivity index (χ3v) is 3.37. The van der Waals surface area contributed by atoms with Crippen LogP contribution < -0.4 is 5.32 Å². The Bertz CT molecular complexity index is 578. The fourth-order valence-electron chi connectivity index (χ4n) is 2.06. The van der Waals surface area contributed by atoms with Crippen LogP contribution in [0.15, 0.2) is 36.4 Å². The molecule has 100 valence electrons. The van der Waals surface area contributed by atoms with E-state index in [4.69, 9.17) is 0 Å². The van der Waals surface area contributed by atoms with Crippen LogP contribution in [0.5, 0.6) is 5.75 Å². The third kappa shape index (κ3) is 2.87. The topological polar surface area (TPSA) is 32.3 Å². The van der Waals surface area contributed by atoms with E-state index in [-0.39, 0.29) is 11.9 Å². The second kappa shape index (κ2) is 5.31. The molecule has 1 unspecified atom stereocenters. The summed E-state index contributed by atoms with van der Waals surface area (Å²) in [5, 5.41) is 13.2. The van der Waals surface area contributed by atoms with Gasteiger partial charge in [-0.15, -0.1) is 0 Å². The molecule has 0 aliphatic rings. The second-order valence-electron chi connectivity index (χ2n) is 4.82. The van der Waals surface area contributed by atoms with E-state index in [1.54, 1.807) is 12.1 Å². The van der Waals surface area contributed by atoms with Crippen molar-refractivity contribution in [1.82, 2.24) is 0 Å². The van der Waals surface area contributed by atoms with Crippen molar-refractivity contribution in [3.8, 4) is 5.75 Å². The molecule has 0 heterocycles. The van der Waals surface area contributed by atoms with Gasteiger partial charge in [0.2, 0.25) is 0 Å². The predicted octanol–water partition coefficient (Wildman–Crippen LogP) is 4.32. The summed E-state index contributed by atoms with van der Waals surface area (Å²) in [6, 6.07) is 10.3. The van der Waals surface area contributed by atoms with Gasteiger partial charge in [0.15, 0.2) is 0 Å². The first-order chi connectivity index (χ1) is 8.99. The molecule has 19 heavy (non-hydrogen) atoms. The molecule has 2 aromatic carbocycles. The first kappa shape index (κ1) is 13.4. The molecule has 0 bridgehead atoms. The zero-order chi connectivity index (χ0) is 14.0. The molecule has 0 aliphatic carbocycles. The Morgan fingerprint density at radius 2 is 1.68 bits per heavy atom. The lowest BCUT2D eigenvalue weighted by Gasteiger charge is -2.18. The predicted molar refractivity (Wildman–Crippen MR) is 76.0 cm³/mol. The van der Waals surface area contributed by atoms with Crippen LogP contribution in [0, 0.1) is 19.7 Å². The first-order valence-electron chi connectivity index (χ1n) is 6.30. The van der Waals surface area contributed by atoms with Gasteiger partial charge in [-0.05, 0) is 50.1 Å². The molecular formula is C16H18FNO. The molecule has 1 atom stereocenters. The van der Waals surface area contributed by atoms with Gasteiger partial charge in [0, 0.05) is 17.3 Å². The second-order valence-corrected chi connectivity index (χ2v) is 4.82. The van der Waals surface area contributed by atoms with Crippen molar-refractivity contribution in [2.75, 3.05) is 5.32 Å². The number of hydrogen-bond acceptors (Lipinski definition) is 2. The molecular weight excluding hydrogens is 241 g/mol. The average molecular weight is 259 g/mol. The van der Waals surface area contributed by atoms with Crippen LogP contribution in [0.25, 0.3) is 0 Å². The number of anilines is 1. The highest BCUT2D eigenvalue weighted by atomic mass is 19.1. The lowest BCUT2D eigenvalue weighted by Crippen LogP contribution is -2.07. The fourth-order valence-corrected chi connectivity index (χ4v) is 2.06. The molecule has 0 saturated carbocycles. The zero-order valence-corrected chi connectivity index (χ0v) is 11.4. The molecule has 0 radical (unpaired) electrons. The van der Waals surface area contributed by atoms with Crippen LogP contribution >= 0.6 is 0 Å². The number of aryl methyl sites for hydroxylation is 1. The van der Waals surface area contributed by atoms with Gasteiger partial charge < -0.3 is 10.4 Å². The first-order valence-corrected chi connectivity index (χ1v) is 6.30. The van der Waals surface area contributed by atoms with Crippen molar-refractivity contribution in [1.29, 1.82) is 0 Å². The Morgan fingerprint density at radius 1 is 1.05 bits per heavy atom. The maximum Gasteiger partial charge on any atom is 0.123 e. The van der Waals surface area contributed by atoms with E-state index < -0.39 is 0 Å². The Morgan fingerprint density at radius 3 is 2.32 bits per heavy atom. The lowest BCUT2D eigenvalue weighted by atomic mass is 10.1. The van der Waals surface area contributed by atoms with Gasteiger partial charge in [0.1, 0.15) is 11.6 Å². The summed E-state index contributed by atoms with van der Waals surface area (Å²) in [5.41, 5.74) is 3.58. The largest absolute Gasteiger partial charge is 0.507 e. The molecule has 0 aromatic heterocycles. The van der Waals surface area contributed by atoms with Crippen molar-refractivity contribution < 1.29 is 9.50 Å². The number of benzene rings is 2. The maximum absolute atomic E-state index is 12.9. The van der Waals surface area contributed by atoms with Crippen LogP contribution in [0.1, 0.15) is 29.7 Å². The van der Waals surface area contributed by atoms with Crippen molar-refractivity contribution >= 4 is 5.69 Å². The summed E-state index contributed by atoms with van der Waals surface area (Å²) in [6.07, 6.45) is 0. The van der Waals surface area contributed by atoms with Gasteiger partial charge in [-0.2, -0.15) is 0 Å². The summed E-state index contributed by atoms with van der Waals surface area (Å²) in [6.45, 7) is 5.75. The molecule has 2 aromatic rings. The average Bonchev–Trinajstić information content (AvgIpc) is 2.40. The summed E-state index contributed by atoms with van der Waals surface area (Å²) in [5.74, 6) is 0.0800. The monoisotopic (exact) mass is 259 g/mol. The highest BCUT2D eigenvalue weighted by molar-refractivity contribution is 5.59. The van der Waals surface area contributed by atoms with Crippen molar-refractivity contribution in [2.45, 2.75) is 26.8 Å². The minimum absolute atomic E-state index is 0.0430. The third-order valence-electron chi connectivity index (χ3n) is 3.37. The Balaban J connectivity index is 2.21. The number of rotatable bonds is 3. The van der Waals surface area contributed by atoms with Crippen LogP contribution in [0.3, 0.4) is 0 Å².